The van der Waals surface area contributed by atoms with Crippen LogP contribution in [0.4, 0.5) is 8.78 Å². The van der Waals surface area contributed by atoms with E-state index < -0.39 is 28.7 Å². The second kappa shape index (κ2) is 8.66. The van der Waals surface area contributed by atoms with Crippen LogP contribution in [0.25, 0.3) is 16.7 Å². The summed E-state index contributed by atoms with van der Waals surface area (Å²) in [6.45, 7) is 4.19. The molecule has 2 heterocycles. The topological polar surface area (TPSA) is 86.4 Å². The van der Waals surface area contributed by atoms with Gasteiger partial charge in [-0.1, -0.05) is 11.6 Å². The number of carbonyl (C=O) groups is 1. The van der Waals surface area contributed by atoms with Crippen molar-refractivity contribution in [2.45, 2.75) is 33.0 Å². The number of aliphatic hydroxyl groups is 1. The number of halogens is 3. The van der Waals surface area contributed by atoms with Gasteiger partial charge >= 0.3 is 0 Å². The lowest BCUT2D eigenvalue weighted by molar-refractivity contribution is 0.0397. The summed E-state index contributed by atoms with van der Waals surface area (Å²) in [4.78, 5) is 29.7. The largest absolute Gasteiger partial charge is 0.487 e. The van der Waals surface area contributed by atoms with Crippen molar-refractivity contribution in [1.29, 1.82) is 0 Å². The van der Waals surface area contributed by atoms with Gasteiger partial charge in [0.2, 0.25) is 0 Å². The Morgan fingerprint density at radius 1 is 1.18 bits per heavy atom. The minimum Gasteiger partial charge on any atom is -0.487 e. The summed E-state index contributed by atoms with van der Waals surface area (Å²) in [5.41, 5.74) is -0.202. The molecular formula is C24H20ClF2N3O4. The summed E-state index contributed by atoms with van der Waals surface area (Å²) < 4.78 is 35.1. The normalized spacial score (nSPS) is 11.7. The van der Waals surface area contributed by atoms with Crippen LogP contribution in [0.5, 0.6) is 5.75 Å². The van der Waals surface area contributed by atoms with E-state index in [9.17, 15) is 23.5 Å². The molecule has 0 saturated heterocycles. The lowest BCUT2D eigenvalue weighted by Gasteiger charge is -2.16. The van der Waals surface area contributed by atoms with Crippen LogP contribution in [0, 0.1) is 18.6 Å². The number of rotatable bonds is 5. The van der Waals surface area contributed by atoms with Gasteiger partial charge in [-0.2, -0.15) is 0 Å². The number of pyridine rings is 1. The molecule has 0 radical (unpaired) electrons. The predicted octanol–water partition coefficient (Wildman–Crippen LogP) is 4.42. The van der Waals surface area contributed by atoms with Crippen molar-refractivity contribution < 1.29 is 23.4 Å². The molecule has 7 nitrogen and oxygen atoms in total. The molecule has 0 atom stereocenters. The van der Waals surface area contributed by atoms with E-state index in [1.807, 2.05) is 0 Å². The lowest BCUT2D eigenvalue weighted by atomic mass is 10.1. The van der Waals surface area contributed by atoms with Gasteiger partial charge in [0.15, 0.2) is 0 Å². The summed E-state index contributed by atoms with van der Waals surface area (Å²) in [6, 6.07) is 9.49. The van der Waals surface area contributed by atoms with Crippen LogP contribution in [0.3, 0.4) is 0 Å². The van der Waals surface area contributed by atoms with E-state index >= 15 is 0 Å². The molecular weight excluding hydrogens is 468 g/mol. The fourth-order valence-corrected chi connectivity index (χ4v) is 3.69. The first-order valence-corrected chi connectivity index (χ1v) is 10.6. The molecule has 0 saturated carbocycles. The van der Waals surface area contributed by atoms with Crippen LogP contribution < -0.4 is 10.3 Å². The molecule has 0 aliphatic heterocycles. The monoisotopic (exact) mass is 487 g/mol. The zero-order chi connectivity index (χ0) is 24.8. The van der Waals surface area contributed by atoms with Crippen molar-refractivity contribution in [1.82, 2.24) is 14.1 Å². The Morgan fingerprint density at radius 3 is 2.59 bits per heavy atom. The Balaban J connectivity index is 1.68. The highest BCUT2D eigenvalue weighted by Crippen LogP contribution is 2.26. The maximum Gasteiger partial charge on any atom is 0.277 e. The molecule has 1 N–H and O–H groups in total. The molecule has 0 fully saturated rings. The molecule has 0 spiro atoms. The van der Waals surface area contributed by atoms with Gasteiger partial charge in [0.1, 0.15) is 40.9 Å². The average molecular weight is 488 g/mol. The second-order valence-electron chi connectivity index (χ2n) is 8.28. The first-order valence-electron chi connectivity index (χ1n) is 10.2. The summed E-state index contributed by atoms with van der Waals surface area (Å²) in [6.07, 6.45) is 1.31. The Kier molecular flexibility index (Phi) is 6.01. The van der Waals surface area contributed by atoms with E-state index in [2.05, 4.69) is 4.98 Å². The zero-order valence-corrected chi connectivity index (χ0v) is 19.2. The van der Waals surface area contributed by atoms with Gasteiger partial charge in [-0.25, -0.2) is 13.8 Å². The van der Waals surface area contributed by atoms with Crippen LogP contribution >= 0.6 is 11.6 Å². The number of aryl methyl sites for hydroxylation is 1. The SMILES string of the molecule is Cc1cc(OCc2ccc(F)cc2F)c(Cl)c(=O)n1-c1ccc2c(c1)ncn2C(=O)C(C)(C)O. The third-order valence-electron chi connectivity index (χ3n) is 5.23. The highest BCUT2D eigenvalue weighted by molar-refractivity contribution is 6.31. The maximum atomic E-state index is 13.9. The summed E-state index contributed by atoms with van der Waals surface area (Å²) in [5, 5.41) is 9.80. The number of fused-ring (bicyclic) bond motifs is 1. The van der Waals surface area contributed by atoms with Crippen molar-refractivity contribution >= 4 is 28.5 Å². The van der Waals surface area contributed by atoms with E-state index in [0.29, 0.717) is 22.4 Å². The number of imidazole rings is 1. The highest BCUT2D eigenvalue weighted by atomic mass is 35.5. The fourth-order valence-electron chi connectivity index (χ4n) is 3.50. The van der Waals surface area contributed by atoms with Gasteiger partial charge in [0, 0.05) is 23.4 Å². The summed E-state index contributed by atoms with van der Waals surface area (Å²) >= 11 is 6.26. The number of benzene rings is 2. The second-order valence-corrected chi connectivity index (χ2v) is 8.66. The predicted molar refractivity (Wildman–Crippen MR) is 123 cm³/mol. The van der Waals surface area contributed by atoms with Gasteiger partial charge in [-0.05, 0) is 51.1 Å². The third kappa shape index (κ3) is 4.32. The van der Waals surface area contributed by atoms with Crippen molar-refractivity contribution in [3.63, 3.8) is 0 Å². The number of ether oxygens (including phenoxy) is 1. The minimum absolute atomic E-state index is 0.0604. The quantitative estimate of drug-likeness (QED) is 0.450. The van der Waals surface area contributed by atoms with E-state index in [1.165, 1.54) is 41.4 Å². The molecule has 10 heteroatoms. The molecule has 4 rings (SSSR count). The van der Waals surface area contributed by atoms with E-state index in [1.54, 1.807) is 25.1 Å². The first-order chi connectivity index (χ1) is 16.0. The van der Waals surface area contributed by atoms with Crippen LogP contribution in [0.1, 0.15) is 29.9 Å². The van der Waals surface area contributed by atoms with Crippen LogP contribution in [0.15, 0.2) is 53.6 Å². The van der Waals surface area contributed by atoms with Crippen molar-refractivity contribution in [3.05, 3.63) is 87.1 Å². The van der Waals surface area contributed by atoms with Gasteiger partial charge < -0.3 is 9.84 Å². The number of aromatic nitrogens is 3. The third-order valence-corrected chi connectivity index (χ3v) is 5.58. The maximum absolute atomic E-state index is 13.9. The van der Waals surface area contributed by atoms with Gasteiger partial charge in [0.25, 0.3) is 11.5 Å². The first kappa shape index (κ1) is 23.6. The van der Waals surface area contributed by atoms with Crippen molar-refractivity contribution in [2.24, 2.45) is 0 Å². The highest BCUT2D eigenvalue weighted by Gasteiger charge is 2.27. The molecule has 0 aliphatic rings. The molecule has 0 aliphatic carbocycles. The molecule has 0 unspecified atom stereocenters. The number of hydrogen-bond acceptors (Lipinski definition) is 5. The lowest BCUT2D eigenvalue weighted by Crippen LogP contribution is -2.35. The number of nitrogens with zero attached hydrogens (tertiary/aromatic N) is 3. The van der Waals surface area contributed by atoms with Crippen LogP contribution in [-0.2, 0) is 6.61 Å². The Bertz CT molecular complexity index is 1490. The van der Waals surface area contributed by atoms with Gasteiger partial charge in [-0.15, -0.1) is 0 Å². The minimum atomic E-state index is -1.58. The van der Waals surface area contributed by atoms with E-state index in [-0.39, 0.29) is 22.9 Å². The molecule has 34 heavy (non-hydrogen) atoms. The smallest absolute Gasteiger partial charge is 0.277 e. The number of carbonyl (C=O) groups excluding carboxylic acids is 1. The van der Waals surface area contributed by atoms with Crippen molar-refractivity contribution in [2.75, 3.05) is 0 Å². The molecule has 0 bridgehead atoms. The molecule has 2 aromatic carbocycles. The summed E-state index contributed by atoms with van der Waals surface area (Å²) in [5.74, 6) is -1.95. The average Bonchev–Trinajstić information content (AvgIpc) is 3.18. The van der Waals surface area contributed by atoms with Crippen LogP contribution in [0.2, 0.25) is 5.02 Å². The standard InChI is InChI=1S/C24H20ClF2N3O4/c1-13-8-20(34-11-14-4-5-15(26)9-17(14)27)21(25)22(31)30(13)16-6-7-19-18(10-16)28-12-29(19)23(32)24(2,3)33/h4-10,12,33H,11H2,1-3H3. The van der Waals surface area contributed by atoms with Crippen LogP contribution in [-0.4, -0.2) is 30.7 Å². The van der Waals surface area contributed by atoms with E-state index in [0.717, 1.165) is 12.1 Å². The van der Waals surface area contributed by atoms with Gasteiger partial charge in [-0.3, -0.25) is 18.7 Å². The molecule has 4 aromatic rings. The molecule has 176 valence electrons. The zero-order valence-electron chi connectivity index (χ0n) is 18.5. The number of hydrogen-bond donors (Lipinski definition) is 1. The molecule has 0 amide bonds. The summed E-state index contributed by atoms with van der Waals surface area (Å²) in [7, 11) is 0. The fraction of sp³-hybridized carbons (Fsp3) is 0.208. The van der Waals surface area contributed by atoms with Gasteiger partial charge in [0.05, 0.1) is 16.7 Å². The van der Waals surface area contributed by atoms with E-state index in [4.69, 9.17) is 16.3 Å². The molecule has 2 aromatic heterocycles. The van der Waals surface area contributed by atoms with Crippen molar-refractivity contribution in [3.8, 4) is 11.4 Å². The Morgan fingerprint density at radius 2 is 1.91 bits per heavy atom. The Hall–Kier alpha value is -3.56. The Labute approximate surface area is 197 Å².